The quantitative estimate of drug-likeness (QED) is 0.776. The van der Waals surface area contributed by atoms with E-state index in [-0.39, 0.29) is 12.4 Å². The first-order valence-corrected chi connectivity index (χ1v) is 6.57. The maximum Gasteiger partial charge on any atom is 0.189 e. The smallest absolute Gasteiger partial charge is 0.189 e. The summed E-state index contributed by atoms with van der Waals surface area (Å²) in [6, 6.07) is 11.4. The van der Waals surface area contributed by atoms with Crippen LogP contribution in [0.1, 0.15) is 11.1 Å². The second-order valence-corrected chi connectivity index (χ2v) is 5.10. The summed E-state index contributed by atoms with van der Waals surface area (Å²) in [5.41, 5.74) is 3.52. The van der Waals surface area contributed by atoms with Gasteiger partial charge in [0, 0.05) is 11.9 Å². The maximum absolute atomic E-state index is 8.88. The van der Waals surface area contributed by atoms with Gasteiger partial charge in [0.15, 0.2) is 5.13 Å². The standard InChI is InChI=1S/C14H10N4S.ClH/c1-9-5-6-16-13-12(9)18-14(19-13)17-11-4-2-3-10(7-11)8-15;/h2-7H,1H3,(H,17,18);1H. The fourth-order valence-electron chi connectivity index (χ4n) is 1.80. The van der Waals surface area contributed by atoms with E-state index in [1.807, 2.05) is 25.1 Å². The first-order valence-electron chi connectivity index (χ1n) is 5.75. The zero-order chi connectivity index (χ0) is 13.2. The fraction of sp³-hybridized carbons (Fsp3) is 0.0714. The van der Waals surface area contributed by atoms with Crippen LogP contribution in [0.15, 0.2) is 36.5 Å². The van der Waals surface area contributed by atoms with Crippen LogP contribution in [-0.2, 0) is 0 Å². The molecule has 0 amide bonds. The highest BCUT2D eigenvalue weighted by Crippen LogP contribution is 2.28. The Morgan fingerprint density at radius 2 is 2.15 bits per heavy atom. The lowest BCUT2D eigenvalue weighted by Gasteiger charge is -2.01. The third-order valence-corrected chi connectivity index (χ3v) is 3.62. The summed E-state index contributed by atoms with van der Waals surface area (Å²) in [5.74, 6) is 0. The summed E-state index contributed by atoms with van der Waals surface area (Å²) in [4.78, 5) is 9.74. The van der Waals surface area contributed by atoms with Crippen molar-refractivity contribution in [3.8, 4) is 6.07 Å². The number of fused-ring (bicyclic) bond motifs is 1. The third kappa shape index (κ3) is 2.72. The number of nitriles is 1. The average Bonchev–Trinajstić information content (AvgIpc) is 2.83. The number of pyridine rings is 1. The summed E-state index contributed by atoms with van der Waals surface area (Å²) in [6.07, 6.45) is 1.79. The number of hydrogen-bond acceptors (Lipinski definition) is 5. The largest absolute Gasteiger partial charge is 0.331 e. The number of hydrogen-bond donors (Lipinski definition) is 1. The highest BCUT2D eigenvalue weighted by Gasteiger charge is 2.07. The molecule has 0 spiro atoms. The predicted molar refractivity (Wildman–Crippen MR) is 83.8 cm³/mol. The molecule has 20 heavy (non-hydrogen) atoms. The van der Waals surface area contributed by atoms with Gasteiger partial charge < -0.3 is 5.32 Å². The van der Waals surface area contributed by atoms with Crippen LogP contribution in [0.5, 0.6) is 0 Å². The molecule has 0 saturated heterocycles. The highest BCUT2D eigenvalue weighted by molar-refractivity contribution is 7.21. The fourth-order valence-corrected chi connectivity index (χ4v) is 2.70. The van der Waals surface area contributed by atoms with E-state index >= 15 is 0 Å². The summed E-state index contributed by atoms with van der Waals surface area (Å²) in [6.45, 7) is 2.02. The van der Waals surface area contributed by atoms with Crippen molar-refractivity contribution in [1.29, 1.82) is 5.26 Å². The Labute approximate surface area is 126 Å². The molecule has 3 aromatic rings. The van der Waals surface area contributed by atoms with Crippen LogP contribution in [-0.4, -0.2) is 9.97 Å². The van der Waals surface area contributed by atoms with E-state index in [4.69, 9.17) is 5.26 Å². The highest BCUT2D eigenvalue weighted by atomic mass is 35.5. The molecule has 0 aliphatic heterocycles. The van der Waals surface area contributed by atoms with E-state index in [1.54, 1.807) is 18.3 Å². The summed E-state index contributed by atoms with van der Waals surface area (Å²) < 4.78 is 0. The summed E-state index contributed by atoms with van der Waals surface area (Å²) in [5, 5.41) is 12.9. The van der Waals surface area contributed by atoms with Gasteiger partial charge in [-0.15, -0.1) is 12.4 Å². The van der Waals surface area contributed by atoms with Crippen molar-refractivity contribution in [2.75, 3.05) is 5.32 Å². The average molecular weight is 303 g/mol. The molecule has 0 aliphatic carbocycles. The van der Waals surface area contributed by atoms with Gasteiger partial charge in [-0.1, -0.05) is 17.4 Å². The van der Waals surface area contributed by atoms with Crippen LogP contribution in [0.3, 0.4) is 0 Å². The number of nitrogens with zero attached hydrogens (tertiary/aromatic N) is 3. The normalized spacial score (nSPS) is 9.80. The van der Waals surface area contributed by atoms with Crippen molar-refractivity contribution < 1.29 is 0 Å². The van der Waals surface area contributed by atoms with Gasteiger partial charge in [-0.05, 0) is 36.8 Å². The van der Waals surface area contributed by atoms with Crippen LogP contribution in [0.4, 0.5) is 10.8 Å². The molecule has 0 atom stereocenters. The number of anilines is 2. The number of rotatable bonds is 2. The molecule has 2 aromatic heterocycles. The topological polar surface area (TPSA) is 61.6 Å². The first kappa shape index (κ1) is 14.3. The summed E-state index contributed by atoms with van der Waals surface area (Å²) in [7, 11) is 0. The van der Waals surface area contributed by atoms with E-state index in [0.29, 0.717) is 5.56 Å². The van der Waals surface area contributed by atoms with E-state index < -0.39 is 0 Å². The molecule has 100 valence electrons. The summed E-state index contributed by atoms with van der Waals surface area (Å²) >= 11 is 1.50. The SMILES string of the molecule is Cc1ccnc2sc(Nc3cccc(C#N)c3)nc12.Cl. The van der Waals surface area contributed by atoms with Crippen LogP contribution in [0, 0.1) is 18.3 Å². The molecule has 0 aliphatic rings. The van der Waals surface area contributed by atoms with Crippen LogP contribution in [0.25, 0.3) is 10.3 Å². The number of benzene rings is 1. The molecular weight excluding hydrogens is 292 g/mol. The minimum absolute atomic E-state index is 0. The van der Waals surface area contributed by atoms with Gasteiger partial charge >= 0.3 is 0 Å². The number of nitrogens with one attached hydrogen (secondary N) is 1. The Morgan fingerprint density at radius 1 is 1.30 bits per heavy atom. The first-order chi connectivity index (χ1) is 9.26. The molecule has 0 fully saturated rings. The van der Waals surface area contributed by atoms with Gasteiger partial charge in [0.1, 0.15) is 10.3 Å². The molecule has 0 unspecified atom stereocenters. The molecule has 6 heteroatoms. The molecule has 1 N–H and O–H groups in total. The van der Waals surface area contributed by atoms with E-state index in [9.17, 15) is 0 Å². The lowest BCUT2D eigenvalue weighted by atomic mass is 10.2. The molecule has 0 bridgehead atoms. The molecular formula is C14H11ClN4S. The minimum Gasteiger partial charge on any atom is -0.331 e. The molecule has 0 radical (unpaired) electrons. The van der Waals surface area contributed by atoms with Gasteiger partial charge in [0.2, 0.25) is 0 Å². The van der Waals surface area contributed by atoms with Crippen molar-refractivity contribution in [3.05, 3.63) is 47.7 Å². The van der Waals surface area contributed by atoms with E-state index in [2.05, 4.69) is 21.4 Å². The lowest BCUT2D eigenvalue weighted by molar-refractivity contribution is 1.34. The minimum atomic E-state index is 0. The van der Waals surface area contributed by atoms with Crippen molar-refractivity contribution >= 4 is 44.9 Å². The second-order valence-electron chi connectivity index (χ2n) is 4.12. The Balaban J connectivity index is 0.00000147. The number of thiazole rings is 1. The van der Waals surface area contributed by atoms with Gasteiger partial charge in [0.25, 0.3) is 0 Å². The predicted octanol–water partition coefficient (Wildman–Crippen LogP) is 4.04. The Kier molecular flexibility index (Phi) is 4.18. The van der Waals surface area contributed by atoms with E-state index in [1.165, 1.54) is 11.3 Å². The van der Waals surface area contributed by atoms with Gasteiger partial charge in [-0.25, -0.2) is 9.97 Å². The molecule has 1 aromatic carbocycles. The van der Waals surface area contributed by atoms with Crippen molar-refractivity contribution in [2.45, 2.75) is 6.92 Å². The van der Waals surface area contributed by atoms with Crippen molar-refractivity contribution in [2.24, 2.45) is 0 Å². The Bertz CT molecular complexity index is 791. The van der Waals surface area contributed by atoms with Gasteiger partial charge in [0.05, 0.1) is 11.6 Å². The van der Waals surface area contributed by atoms with Crippen molar-refractivity contribution in [3.63, 3.8) is 0 Å². The lowest BCUT2D eigenvalue weighted by Crippen LogP contribution is -1.89. The molecule has 3 rings (SSSR count). The number of aromatic nitrogens is 2. The van der Waals surface area contributed by atoms with Crippen molar-refractivity contribution in [1.82, 2.24) is 9.97 Å². The van der Waals surface area contributed by atoms with Crippen LogP contribution in [0.2, 0.25) is 0 Å². The maximum atomic E-state index is 8.88. The monoisotopic (exact) mass is 302 g/mol. The van der Waals surface area contributed by atoms with Crippen LogP contribution >= 0.6 is 23.7 Å². The number of halogens is 1. The Morgan fingerprint density at radius 3 is 2.90 bits per heavy atom. The second kappa shape index (κ2) is 5.87. The zero-order valence-corrected chi connectivity index (χ0v) is 12.3. The van der Waals surface area contributed by atoms with Gasteiger partial charge in [-0.2, -0.15) is 5.26 Å². The van der Waals surface area contributed by atoms with E-state index in [0.717, 1.165) is 26.7 Å². The molecule has 0 saturated carbocycles. The molecule has 2 heterocycles. The zero-order valence-electron chi connectivity index (χ0n) is 10.6. The van der Waals surface area contributed by atoms with Gasteiger partial charge in [-0.3, -0.25) is 0 Å². The van der Waals surface area contributed by atoms with Crippen LogP contribution < -0.4 is 5.32 Å². The number of aryl methyl sites for hydroxylation is 1. The Hall–Kier alpha value is -2.16. The molecule has 4 nitrogen and oxygen atoms in total. The third-order valence-electron chi connectivity index (χ3n) is 2.74.